The molecule has 1 saturated heterocycles. The van der Waals surface area contributed by atoms with Gasteiger partial charge in [0.05, 0.1) is 102 Å². The summed E-state index contributed by atoms with van der Waals surface area (Å²) in [6.07, 6.45) is 10.1. The van der Waals surface area contributed by atoms with E-state index in [1.54, 1.807) is 32.3 Å². The Morgan fingerprint density at radius 1 is 0.664 bits per heavy atom. The number of nitrogens with zero attached hydrogens (tertiary/aromatic N) is 2. The van der Waals surface area contributed by atoms with Gasteiger partial charge in [-0.3, -0.25) is 9.35 Å². The predicted molar refractivity (Wildman–Crippen MR) is 410 cm³/mol. The molecule has 2 aromatic rings. The van der Waals surface area contributed by atoms with E-state index < -0.39 is 126 Å². The molecule has 23 unspecified atom stereocenters. The molecular weight excluding hydrogens is 1420 g/mol. The summed E-state index contributed by atoms with van der Waals surface area (Å²) in [6.45, 7) is 12.2. The molecule has 16 N–H and O–H groups in total. The van der Waals surface area contributed by atoms with E-state index in [1.807, 2.05) is 19.1 Å². The van der Waals surface area contributed by atoms with Crippen LogP contribution in [-0.4, -0.2) is 213 Å². The molecule has 2 aromatic heterocycles. The highest BCUT2D eigenvalue weighted by Gasteiger charge is 2.40. The molecule has 1 amide bonds. The van der Waals surface area contributed by atoms with Crippen LogP contribution in [0.4, 0.5) is 0 Å². The first-order chi connectivity index (χ1) is 50.7. The van der Waals surface area contributed by atoms with E-state index in [0.717, 1.165) is 49.1 Å². The highest BCUT2D eigenvalue weighted by atomic mass is 32.3. The molecule has 2 aliphatic rings. The van der Waals surface area contributed by atoms with Gasteiger partial charge in [-0.05, 0) is 212 Å². The quantitative estimate of drug-likeness (QED) is 0.0110. The van der Waals surface area contributed by atoms with Gasteiger partial charge < -0.3 is 91.0 Å². The topological polar surface area (TPSA) is 445 Å². The Morgan fingerprint density at radius 2 is 1.23 bits per heavy atom. The zero-order valence-electron chi connectivity index (χ0n) is 65.4. The number of carbonyl (C=O) groups is 2. The van der Waals surface area contributed by atoms with Gasteiger partial charge in [0.1, 0.15) is 24.6 Å². The van der Waals surface area contributed by atoms with Crippen LogP contribution in [0.3, 0.4) is 0 Å². The Kier molecular flexibility index (Phi) is 46.6. The zero-order valence-corrected chi connectivity index (χ0v) is 67.0. The van der Waals surface area contributed by atoms with Crippen LogP contribution < -0.4 is 11.1 Å². The molecule has 0 spiro atoms. The molecule has 4 heterocycles. The molecule has 620 valence electrons. The first-order valence-electron chi connectivity index (χ1n) is 40.2. The first-order valence-corrected chi connectivity index (χ1v) is 42.4. The van der Waals surface area contributed by atoms with Crippen molar-refractivity contribution in [1.82, 2.24) is 15.3 Å². The molecule has 2 aliphatic heterocycles. The van der Waals surface area contributed by atoms with Crippen molar-refractivity contribution in [3.63, 3.8) is 0 Å². The zero-order chi connectivity index (χ0) is 79.2. The van der Waals surface area contributed by atoms with Crippen LogP contribution in [0.1, 0.15) is 300 Å². The summed E-state index contributed by atoms with van der Waals surface area (Å²) in [5, 5.41) is 137. The number of cyclic esters (lactones) is 1. The minimum atomic E-state index is -5.24. The van der Waals surface area contributed by atoms with Gasteiger partial charge in [-0.1, -0.05) is 90.9 Å². The maximum absolute atomic E-state index is 14.2. The van der Waals surface area contributed by atoms with Gasteiger partial charge in [0.2, 0.25) is 5.91 Å². The highest BCUT2D eigenvalue weighted by molar-refractivity contribution is 7.80. The Hall–Kier alpha value is -3.47. The number of aliphatic hydroxyl groups excluding tert-OH is 12. The number of methoxy groups -OCH3 is 1. The van der Waals surface area contributed by atoms with Gasteiger partial charge in [0.25, 0.3) is 0 Å². The fourth-order valence-electron chi connectivity index (χ4n) is 14.6. The van der Waals surface area contributed by atoms with E-state index in [0.29, 0.717) is 96.3 Å². The predicted octanol–water partition coefficient (Wildman–Crippen LogP) is 9.59. The summed E-state index contributed by atoms with van der Waals surface area (Å²) in [5.74, 6) is -2.94. The summed E-state index contributed by atoms with van der Waals surface area (Å²) in [6, 6.07) is -1.21. The van der Waals surface area contributed by atoms with Gasteiger partial charge >= 0.3 is 16.4 Å². The summed E-state index contributed by atoms with van der Waals surface area (Å²) in [7, 11) is -3.68. The van der Waals surface area contributed by atoms with E-state index in [2.05, 4.69) is 29.5 Å². The summed E-state index contributed by atoms with van der Waals surface area (Å²) < 4.78 is 64.3. The third kappa shape index (κ3) is 41.2. The third-order valence-electron chi connectivity index (χ3n) is 21.3. The smallest absolute Gasteiger partial charge is 0.397 e. The number of fused-ring (bicyclic) bond motifs is 2. The van der Waals surface area contributed by atoms with Crippen molar-refractivity contribution in [3.8, 4) is 0 Å². The summed E-state index contributed by atoms with van der Waals surface area (Å²) >= 11 is 1.67. The standard InChI is InChI=1S/C79H140N4O22S2/c1-50-33-36-64(91)41-59(86)25-17-24-57(84)23-16-15-21-52(3)77(105-107(98,99)100)76(56(7)103-79(97)69-48-102-74(81-69)31-20-30-60(87)40-58(85)26-19-29-63(90)45-68(101-8)37-34-50)83-78(96)54(5)39-53(4)71(95)46-66(93)43-62(89)28-18-27-61(88)42-65(92)44-67(94)47-73-51(2)35-38-72(104-73)70-49-106-75(82-70)32-14-12-10-9-11-13-22-55(6)80/h34,37,39,48-53,55-68,71-73,76-77,84-95H,9-33,35-36,38,40-47,80H2,1-8H3,(H,83,96)(H,98,99,100). The molecule has 107 heavy (non-hydrogen) atoms. The number of thiazole rings is 1. The number of aromatic nitrogens is 2. The molecule has 0 saturated carbocycles. The normalized spacial score (nSPS) is 29.7. The van der Waals surface area contributed by atoms with Crippen LogP contribution in [0.2, 0.25) is 0 Å². The average molecular weight is 1560 g/mol. The van der Waals surface area contributed by atoms with E-state index in [4.69, 9.17) is 33.5 Å². The fourth-order valence-corrected chi connectivity index (χ4v) is 16.1. The number of allylic oxidation sites excluding steroid dienone is 1. The van der Waals surface area contributed by atoms with E-state index in [9.17, 15) is 83.8 Å². The minimum absolute atomic E-state index is 0.0190. The fraction of sp³-hybridized carbons (Fsp3) is 0.848. The number of aryl methyl sites for hydroxylation is 2. The number of amides is 1. The number of ether oxygens (including phenoxy) is 3. The second-order valence-corrected chi connectivity index (χ2v) is 33.8. The SMILES string of the molecule is COC1C=CC(C)CCC(O)CC(O)CCCC(O)CCCCC(C)C(OS(=O)(=O)O)C(NC(=O)C(C)=CC(C)C(O)CC(O)CC(O)CCCC(O)CC(O)CC(O)CC2OC(c3csc(CCCCCCCCC(C)N)n3)CCC2C)C(C)OC(=O)c2coc(n2)CCCC(O)CC(O)CCCC(O)C1. The van der Waals surface area contributed by atoms with Crippen molar-refractivity contribution in [3.05, 3.63) is 57.7 Å². The lowest BCUT2D eigenvalue weighted by molar-refractivity contribution is -0.120. The lowest BCUT2D eigenvalue weighted by Gasteiger charge is -2.35. The van der Waals surface area contributed by atoms with Crippen LogP contribution in [0, 0.1) is 23.7 Å². The molecule has 23 atom stereocenters. The molecule has 0 radical (unpaired) electrons. The number of carbonyl (C=O) groups excluding carboxylic acids is 2. The Bertz CT molecular complexity index is 2890. The summed E-state index contributed by atoms with van der Waals surface area (Å²) in [5.41, 5.74) is 6.57. The molecule has 1 fully saturated rings. The molecule has 0 aliphatic carbocycles. The van der Waals surface area contributed by atoms with Crippen molar-refractivity contribution in [2.24, 2.45) is 29.4 Å². The van der Waals surface area contributed by atoms with Gasteiger partial charge in [-0.25, -0.2) is 18.9 Å². The molecule has 0 aromatic carbocycles. The number of rotatable bonds is 31. The van der Waals surface area contributed by atoms with Crippen molar-refractivity contribution in [2.45, 2.75) is 395 Å². The maximum atomic E-state index is 14.2. The van der Waals surface area contributed by atoms with Crippen LogP contribution in [0.25, 0.3) is 0 Å². The minimum Gasteiger partial charge on any atom is -0.456 e. The number of esters is 1. The Balaban J connectivity index is 1.32. The lowest BCUT2D eigenvalue weighted by Crippen LogP contribution is -2.55. The Morgan fingerprint density at radius 3 is 1.87 bits per heavy atom. The van der Waals surface area contributed by atoms with Crippen molar-refractivity contribution in [1.29, 1.82) is 0 Å². The Labute approximate surface area is 642 Å². The number of hydrogen-bond donors (Lipinski definition) is 15. The number of aliphatic hydroxyl groups is 12. The monoisotopic (exact) mass is 1560 g/mol. The van der Waals surface area contributed by atoms with Crippen LogP contribution in [0.5, 0.6) is 0 Å². The maximum Gasteiger partial charge on any atom is 0.397 e. The van der Waals surface area contributed by atoms with E-state index >= 15 is 0 Å². The van der Waals surface area contributed by atoms with Crippen LogP contribution in [0.15, 0.2) is 39.9 Å². The molecule has 2 bridgehead atoms. The van der Waals surface area contributed by atoms with Crippen LogP contribution in [-0.2, 0) is 46.4 Å². The largest absolute Gasteiger partial charge is 0.456 e. The number of nitrogens with two attached hydrogens (primary N) is 1. The van der Waals surface area contributed by atoms with Crippen LogP contribution >= 0.6 is 11.3 Å². The number of nitrogens with one attached hydrogen (secondary N) is 1. The van der Waals surface area contributed by atoms with Gasteiger partial charge in [0.15, 0.2) is 11.6 Å². The molecule has 28 heteroatoms. The molecular formula is C79H140N4O22S2. The molecule has 26 nitrogen and oxygen atoms in total. The second-order valence-electron chi connectivity index (χ2n) is 31.8. The number of unbranched alkanes of at least 4 members (excludes halogenated alkanes) is 5. The van der Waals surface area contributed by atoms with Crippen molar-refractivity contribution in [2.75, 3.05) is 7.11 Å². The van der Waals surface area contributed by atoms with E-state index in [-0.39, 0.29) is 124 Å². The van der Waals surface area contributed by atoms with Gasteiger partial charge in [-0.2, -0.15) is 8.42 Å². The average Bonchev–Trinajstić information content (AvgIpc) is 1.73. The lowest BCUT2D eigenvalue weighted by atomic mass is 9.88. The van der Waals surface area contributed by atoms with Gasteiger partial charge in [0, 0.05) is 42.9 Å². The van der Waals surface area contributed by atoms with Gasteiger partial charge in [-0.15, -0.1) is 11.3 Å². The number of hydrogen-bond acceptors (Lipinski definition) is 25. The highest BCUT2D eigenvalue weighted by Crippen LogP contribution is 2.38. The molecule has 4 rings (SSSR count). The van der Waals surface area contributed by atoms with Crippen molar-refractivity contribution < 1.29 is 107 Å². The summed E-state index contributed by atoms with van der Waals surface area (Å²) in [4.78, 5) is 37.2. The van der Waals surface area contributed by atoms with Crippen molar-refractivity contribution >= 4 is 33.6 Å². The second kappa shape index (κ2) is 52.0. The third-order valence-corrected chi connectivity index (χ3v) is 22.7. The first kappa shape index (κ1) is 95.9. The van der Waals surface area contributed by atoms with E-state index in [1.165, 1.54) is 52.0 Å². The number of oxazole rings is 1.